The second-order valence-electron chi connectivity index (χ2n) is 9.06. The van der Waals surface area contributed by atoms with Gasteiger partial charge in [-0.15, -0.1) is 0 Å². The van der Waals surface area contributed by atoms with E-state index in [-0.39, 0.29) is 6.10 Å². The van der Waals surface area contributed by atoms with E-state index < -0.39 is 6.09 Å². The van der Waals surface area contributed by atoms with Gasteiger partial charge in [0.05, 0.1) is 29.5 Å². The van der Waals surface area contributed by atoms with Crippen LogP contribution in [-0.4, -0.2) is 29.2 Å². The summed E-state index contributed by atoms with van der Waals surface area (Å²) in [5.41, 5.74) is 11.8. The van der Waals surface area contributed by atoms with Crippen molar-refractivity contribution in [2.24, 2.45) is 22.6 Å². The van der Waals surface area contributed by atoms with Gasteiger partial charge in [-0.1, -0.05) is 12.1 Å². The average molecular weight is 490 g/mol. The van der Waals surface area contributed by atoms with Crippen molar-refractivity contribution in [2.45, 2.75) is 45.8 Å². The number of carbonyl (C=O) groups is 1. The summed E-state index contributed by atoms with van der Waals surface area (Å²) in [6.45, 7) is 4.76. The van der Waals surface area contributed by atoms with Crippen molar-refractivity contribution in [1.82, 2.24) is 10.1 Å². The van der Waals surface area contributed by atoms with Crippen molar-refractivity contribution >= 4 is 28.5 Å². The number of benzene rings is 2. The van der Waals surface area contributed by atoms with Gasteiger partial charge in [0.2, 0.25) is 0 Å². The van der Waals surface area contributed by atoms with E-state index in [9.17, 15) is 10.1 Å². The van der Waals surface area contributed by atoms with E-state index in [2.05, 4.69) is 26.6 Å². The molecule has 10 heteroatoms. The van der Waals surface area contributed by atoms with Crippen molar-refractivity contribution in [3.05, 3.63) is 48.0 Å². The minimum Gasteiger partial charge on any atom is -0.493 e. The number of ether oxygens (including phenoxy) is 2. The fraction of sp³-hybridized carbons (Fsp3) is 0.346. The molecule has 1 amide bonds. The Labute approximate surface area is 209 Å². The lowest BCUT2D eigenvalue weighted by Gasteiger charge is -2.13. The molecule has 4 rings (SSSR count). The van der Waals surface area contributed by atoms with Crippen LogP contribution < -0.4 is 27.2 Å². The Hall–Kier alpha value is -4.23. The van der Waals surface area contributed by atoms with Gasteiger partial charge in [0, 0.05) is 30.1 Å². The minimum absolute atomic E-state index is 0.206. The minimum atomic E-state index is -0.502. The summed E-state index contributed by atoms with van der Waals surface area (Å²) in [5.74, 6) is 6.77. The van der Waals surface area contributed by atoms with Crippen LogP contribution in [0.1, 0.15) is 38.7 Å². The molecule has 0 aliphatic heterocycles. The molecule has 0 bridgehead atoms. The van der Waals surface area contributed by atoms with Crippen LogP contribution in [0.3, 0.4) is 0 Å². The number of nitrogens with two attached hydrogens (primary N) is 2. The zero-order valence-corrected chi connectivity index (χ0v) is 20.5. The maximum Gasteiger partial charge on any atom is 0.411 e. The Balaban J connectivity index is 1.66. The Bertz CT molecular complexity index is 1300. The molecular weight excluding hydrogens is 458 g/mol. The Kier molecular flexibility index (Phi) is 7.61. The van der Waals surface area contributed by atoms with Gasteiger partial charge in [-0.25, -0.2) is 16.2 Å². The first-order valence-corrected chi connectivity index (χ1v) is 11.9. The molecule has 1 aliphatic rings. The Morgan fingerprint density at radius 1 is 1.25 bits per heavy atom. The molecule has 10 nitrogen and oxygen atoms in total. The van der Waals surface area contributed by atoms with Gasteiger partial charge in [0.1, 0.15) is 17.7 Å². The van der Waals surface area contributed by atoms with E-state index in [1.54, 1.807) is 13.8 Å². The maximum atomic E-state index is 11.9. The summed E-state index contributed by atoms with van der Waals surface area (Å²) >= 11 is 0. The molecule has 1 heterocycles. The molecule has 1 fully saturated rings. The molecule has 0 saturated heterocycles. The number of hydrogen-bond donors (Lipinski definition) is 4. The van der Waals surface area contributed by atoms with Gasteiger partial charge < -0.3 is 19.8 Å². The van der Waals surface area contributed by atoms with E-state index in [0.29, 0.717) is 41.8 Å². The second kappa shape index (κ2) is 11.0. The lowest BCUT2D eigenvalue weighted by atomic mass is 10.1. The first-order valence-electron chi connectivity index (χ1n) is 11.9. The third-order valence-electron chi connectivity index (χ3n) is 5.87. The van der Waals surface area contributed by atoms with Crippen LogP contribution in [0.15, 0.2) is 47.6 Å². The smallest absolute Gasteiger partial charge is 0.411 e. The largest absolute Gasteiger partial charge is 0.493 e. The fourth-order valence-electron chi connectivity index (χ4n) is 4.07. The maximum absolute atomic E-state index is 11.9. The number of fused-ring (bicyclic) bond motifs is 1. The van der Waals surface area contributed by atoms with Gasteiger partial charge in [0.25, 0.3) is 0 Å². The van der Waals surface area contributed by atoms with E-state index in [4.69, 9.17) is 21.1 Å². The molecule has 1 aromatic heterocycles. The van der Waals surface area contributed by atoms with E-state index >= 15 is 0 Å². The van der Waals surface area contributed by atoms with Gasteiger partial charge in [-0.05, 0) is 62.4 Å². The lowest BCUT2D eigenvalue weighted by molar-refractivity contribution is 0.130. The monoisotopic (exact) mass is 489 g/mol. The highest BCUT2D eigenvalue weighted by Gasteiger charge is 2.26. The zero-order valence-electron chi connectivity index (χ0n) is 20.5. The van der Waals surface area contributed by atoms with E-state index in [1.807, 2.05) is 42.5 Å². The molecule has 3 aromatic rings. The Morgan fingerprint density at radius 2 is 2.00 bits per heavy atom. The number of aromatic nitrogens is 1. The molecule has 188 valence electrons. The number of carbonyl (C=O) groups excluding carboxylic acids is 1. The number of nitriles is 1. The predicted octanol–water partition coefficient (Wildman–Crippen LogP) is 4.05. The van der Waals surface area contributed by atoms with Gasteiger partial charge in [-0.3, -0.25) is 5.32 Å². The number of anilines is 1. The second-order valence-corrected chi connectivity index (χ2v) is 9.06. The van der Waals surface area contributed by atoms with Crippen LogP contribution in [0, 0.1) is 17.2 Å². The molecule has 0 unspecified atom stereocenters. The number of nitrogens with one attached hydrogen (secondary N) is 2. The summed E-state index contributed by atoms with van der Waals surface area (Å²) in [5, 5.41) is 17.4. The first-order chi connectivity index (χ1) is 17.4. The summed E-state index contributed by atoms with van der Waals surface area (Å²) < 4.78 is 13.3. The van der Waals surface area contributed by atoms with E-state index in [1.165, 1.54) is 12.8 Å². The summed E-state index contributed by atoms with van der Waals surface area (Å²) in [6, 6.07) is 15.6. The highest BCUT2D eigenvalue weighted by atomic mass is 16.6. The van der Waals surface area contributed by atoms with Gasteiger partial charge in [0.15, 0.2) is 0 Å². The third kappa shape index (κ3) is 5.87. The lowest BCUT2D eigenvalue weighted by Crippen LogP contribution is -2.23. The van der Waals surface area contributed by atoms with Crippen LogP contribution in [-0.2, 0) is 11.3 Å². The van der Waals surface area contributed by atoms with Crippen molar-refractivity contribution in [3.63, 3.8) is 0 Å². The molecule has 36 heavy (non-hydrogen) atoms. The van der Waals surface area contributed by atoms with Crippen LogP contribution in [0.25, 0.3) is 22.2 Å². The van der Waals surface area contributed by atoms with Crippen molar-refractivity contribution in [2.75, 3.05) is 11.9 Å². The molecule has 0 radical (unpaired) electrons. The number of amidine groups is 1. The van der Waals surface area contributed by atoms with Gasteiger partial charge >= 0.3 is 6.09 Å². The molecule has 1 aliphatic carbocycles. The highest BCUT2D eigenvalue weighted by molar-refractivity contribution is 5.95. The SMILES string of the molecule is CC(C)OC(=O)Nc1ccc(-c2c(C#N)c3ccc(OCC/C(N)=N/NN)cc3n2CC2CC2)cc1. The number of amides is 1. The number of rotatable bonds is 10. The highest BCUT2D eigenvalue weighted by Crippen LogP contribution is 2.39. The summed E-state index contributed by atoms with van der Waals surface area (Å²) in [6.07, 6.45) is 2.06. The van der Waals surface area contributed by atoms with Crippen LogP contribution in [0.2, 0.25) is 0 Å². The van der Waals surface area contributed by atoms with Crippen LogP contribution >= 0.6 is 0 Å². The van der Waals surface area contributed by atoms with Crippen molar-refractivity contribution in [3.8, 4) is 23.1 Å². The molecule has 1 saturated carbocycles. The third-order valence-corrected chi connectivity index (χ3v) is 5.87. The topological polar surface area (TPSA) is 153 Å². The predicted molar refractivity (Wildman–Crippen MR) is 139 cm³/mol. The Morgan fingerprint density at radius 3 is 2.64 bits per heavy atom. The quantitative estimate of drug-likeness (QED) is 0.145. The number of hydrogen-bond acceptors (Lipinski definition) is 7. The van der Waals surface area contributed by atoms with Gasteiger partial charge in [-0.2, -0.15) is 10.4 Å². The molecule has 2 aromatic carbocycles. The standard InChI is InChI=1S/C26H31N7O3/c1-16(2)36-26(34)30-19-7-5-18(6-8-19)25-22(14-27)21-10-9-20(35-12-11-24(28)31-32-29)13-23(21)33(25)15-17-3-4-17/h5-10,13,16-17,32H,3-4,11-12,15,29H2,1-2H3,(H2,28,31)(H,30,34). The van der Waals surface area contributed by atoms with Crippen LogP contribution in [0.5, 0.6) is 5.75 Å². The van der Waals surface area contributed by atoms with Crippen molar-refractivity contribution < 1.29 is 14.3 Å². The molecular formula is C26H31N7O3. The average Bonchev–Trinajstić information content (AvgIpc) is 3.61. The van der Waals surface area contributed by atoms with Crippen LogP contribution in [0.4, 0.5) is 10.5 Å². The first kappa shape index (κ1) is 24.9. The zero-order chi connectivity index (χ0) is 25.7. The van der Waals surface area contributed by atoms with Crippen molar-refractivity contribution in [1.29, 1.82) is 5.26 Å². The number of hydrazone groups is 1. The number of hydrazine groups is 1. The molecule has 6 N–H and O–H groups in total. The molecule has 0 atom stereocenters. The number of nitrogens with zero attached hydrogens (tertiary/aromatic N) is 3. The summed E-state index contributed by atoms with van der Waals surface area (Å²) in [7, 11) is 0. The fourth-order valence-corrected chi connectivity index (χ4v) is 4.07. The molecule has 0 spiro atoms. The normalized spacial score (nSPS) is 13.5. The summed E-state index contributed by atoms with van der Waals surface area (Å²) in [4.78, 5) is 11.9. The van der Waals surface area contributed by atoms with E-state index in [0.717, 1.165) is 28.7 Å².